The molecule has 2 aliphatic heterocycles. The van der Waals surface area contributed by atoms with Gasteiger partial charge in [-0.25, -0.2) is 0 Å². The number of allylic oxidation sites excluding steroid dienone is 1. The normalized spacial score (nSPS) is 22.3. The second-order valence-electron chi connectivity index (χ2n) is 5.67. The highest BCUT2D eigenvalue weighted by Gasteiger charge is 2.49. The number of halogens is 3. The first-order chi connectivity index (χ1) is 11.5. The first-order valence-electron chi connectivity index (χ1n) is 7.36. The molecule has 0 saturated carbocycles. The van der Waals surface area contributed by atoms with Crippen molar-refractivity contribution in [3.05, 3.63) is 77.6 Å². The zero-order valence-corrected chi connectivity index (χ0v) is 12.4. The van der Waals surface area contributed by atoms with E-state index in [0.29, 0.717) is 11.3 Å². The zero-order valence-electron chi connectivity index (χ0n) is 12.4. The molecule has 0 unspecified atom stereocenters. The SMILES string of the molecule is FC(F)(F)C1=C[C@]2(CC(c3ccccc3)=NO2)c2ccccc2O1. The summed E-state index contributed by atoms with van der Waals surface area (Å²) in [4.78, 5) is 5.53. The Morgan fingerprint density at radius 1 is 0.958 bits per heavy atom. The molecular formula is C18H12F3NO2. The van der Waals surface area contributed by atoms with E-state index in [4.69, 9.17) is 9.57 Å². The Labute approximate surface area is 136 Å². The average Bonchev–Trinajstić information content (AvgIpc) is 3.00. The van der Waals surface area contributed by atoms with Crippen molar-refractivity contribution in [2.75, 3.05) is 0 Å². The summed E-state index contributed by atoms with van der Waals surface area (Å²) in [5, 5.41) is 4.05. The Balaban J connectivity index is 1.78. The van der Waals surface area contributed by atoms with Crippen LogP contribution < -0.4 is 4.74 Å². The number of oxime groups is 1. The number of hydrogen-bond acceptors (Lipinski definition) is 3. The number of para-hydroxylation sites is 1. The van der Waals surface area contributed by atoms with E-state index in [1.54, 1.807) is 18.2 Å². The summed E-state index contributed by atoms with van der Waals surface area (Å²) in [5.74, 6) is -0.942. The molecule has 2 heterocycles. The van der Waals surface area contributed by atoms with Gasteiger partial charge in [0, 0.05) is 18.1 Å². The van der Waals surface area contributed by atoms with Gasteiger partial charge in [0.1, 0.15) is 5.75 Å². The summed E-state index contributed by atoms with van der Waals surface area (Å²) in [7, 11) is 0. The maximum Gasteiger partial charge on any atom is 0.449 e. The lowest BCUT2D eigenvalue weighted by Gasteiger charge is -2.31. The molecule has 1 spiro atoms. The van der Waals surface area contributed by atoms with E-state index in [0.717, 1.165) is 11.6 Å². The van der Waals surface area contributed by atoms with Crippen LogP contribution in [-0.2, 0) is 10.4 Å². The maximum atomic E-state index is 13.2. The largest absolute Gasteiger partial charge is 0.452 e. The van der Waals surface area contributed by atoms with Crippen molar-refractivity contribution in [2.24, 2.45) is 5.16 Å². The Morgan fingerprint density at radius 3 is 2.42 bits per heavy atom. The van der Waals surface area contributed by atoms with Crippen molar-refractivity contribution in [3.8, 4) is 5.75 Å². The molecule has 0 radical (unpaired) electrons. The van der Waals surface area contributed by atoms with Crippen LogP contribution in [0.15, 0.2) is 71.6 Å². The Hall–Kier alpha value is -2.76. The Kier molecular flexibility index (Phi) is 3.16. The molecule has 0 aromatic heterocycles. The van der Waals surface area contributed by atoms with Crippen LogP contribution in [0.1, 0.15) is 17.5 Å². The molecule has 2 aromatic carbocycles. The molecule has 3 nitrogen and oxygen atoms in total. The predicted octanol–water partition coefficient (Wildman–Crippen LogP) is 4.55. The summed E-state index contributed by atoms with van der Waals surface area (Å²) in [6, 6.07) is 15.8. The number of nitrogens with zero attached hydrogens (tertiary/aromatic N) is 1. The van der Waals surface area contributed by atoms with E-state index in [-0.39, 0.29) is 12.2 Å². The van der Waals surface area contributed by atoms with Gasteiger partial charge in [0.15, 0.2) is 5.60 Å². The van der Waals surface area contributed by atoms with Gasteiger partial charge in [0.2, 0.25) is 5.76 Å². The van der Waals surface area contributed by atoms with E-state index in [2.05, 4.69) is 5.16 Å². The molecule has 2 aliphatic rings. The van der Waals surface area contributed by atoms with Gasteiger partial charge < -0.3 is 9.57 Å². The van der Waals surface area contributed by atoms with E-state index < -0.39 is 17.5 Å². The van der Waals surface area contributed by atoms with Crippen LogP contribution in [0.4, 0.5) is 13.2 Å². The molecule has 122 valence electrons. The molecule has 1 atom stereocenters. The molecule has 0 saturated heterocycles. The number of benzene rings is 2. The Bertz CT molecular complexity index is 843. The molecule has 6 heteroatoms. The first kappa shape index (κ1) is 14.8. The molecule has 24 heavy (non-hydrogen) atoms. The van der Waals surface area contributed by atoms with Crippen molar-refractivity contribution in [2.45, 2.75) is 18.2 Å². The van der Waals surface area contributed by atoms with Crippen molar-refractivity contribution in [3.63, 3.8) is 0 Å². The maximum absolute atomic E-state index is 13.2. The topological polar surface area (TPSA) is 30.8 Å². The van der Waals surface area contributed by atoms with Crippen LogP contribution in [0.25, 0.3) is 0 Å². The van der Waals surface area contributed by atoms with E-state index in [1.165, 1.54) is 6.07 Å². The molecule has 0 aliphatic carbocycles. The third kappa shape index (κ3) is 2.35. The fourth-order valence-electron chi connectivity index (χ4n) is 2.94. The van der Waals surface area contributed by atoms with Crippen LogP contribution in [0.5, 0.6) is 5.75 Å². The lowest BCUT2D eigenvalue weighted by molar-refractivity contribution is -0.122. The minimum Gasteiger partial charge on any atom is -0.452 e. The van der Waals surface area contributed by atoms with Gasteiger partial charge in [-0.05, 0) is 11.6 Å². The van der Waals surface area contributed by atoms with Crippen LogP contribution in [-0.4, -0.2) is 11.9 Å². The second-order valence-corrected chi connectivity index (χ2v) is 5.67. The fraction of sp³-hybridized carbons (Fsp3) is 0.167. The van der Waals surface area contributed by atoms with Gasteiger partial charge in [-0.2, -0.15) is 13.2 Å². The molecule has 2 aromatic rings. The molecule has 0 fully saturated rings. The third-order valence-electron chi connectivity index (χ3n) is 4.06. The summed E-state index contributed by atoms with van der Waals surface area (Å²) in [5.41, 5.74) is 0.656. The average molecular weight is 331 g/mol. The lowest BCUT2D eigenvalue weighted by Crippen LogP contribution is -2.32. The highest BCUT2D eigenvalue weighted by Crippen LogP contribution is 2.48. The van der Waals surface area contributed by atoms with Gasteiger partial charge in [-0.15, -0.1) is 0 Å². The second kappa shape index (κ2) is 5.12. The number of fused-ring (bicyclic) bond motifs is 2. The van der Waals surface area contributed by atoms with E-state index in [1.807, 2.05) is 30.3 Å². The van der Waals surface area contributed by atoms with Crippen LogP contribution in [0, 0.1) is 0 Å². The third-order valence-corrected chi connectivity index (χ3v) is 4.06. The van der Waals surface area contributed by atoms with Crippen molar-refractivity contribution >= 4 is 5.71 Å². The first-order valence-corrected chi connectivity index (χ1v) is 7.36. The standard InChI is InChI=1S/C18H12F3NO2/c19-18(20,21)16-11-17(13-8-4-5-9-15(13)23-16)10-14(22-24-17)12-6-2-1-3-7-12/h1-9,11H,10H2/t17-/m1/s1. The fourth-order valence-corrected chi connectivity index (χ4v) is 2.94. The van der Waals surface area contributed by atoms with Gasteiger partial charge in [-0.1, -0.05) is 53.7 Å². The van der Waals surface area contributed by atoms with E-state index >= 15 is 0 Å². The van der Waals surface area contributed by atoms with Crippen molar-refractivity contribution in [1.82, 2.24) is 0 Å². The quantitative estimate of drug-likeness (QED) is 0.768. The summed E-state index contributed by atoms with van der Waals surface area (Å²) < 4.78 is 44.6. The van der Waals surface area contributed by atoms with Crippen LogP contribution in [0.3, 0.4) is 0 Å². The number of hydrogen-bond donors (Lipinski definition) is 0. The predicted molar refractivity (Wildman–Crippen MR) is 81.6 cm³/mol. The minimum atomic E-state index is -4.60. The summed E-state index contributed by atoms with van der Waals surface area (Å²) >= 11 is 0. The summed E-state index contributed by atoms with van der Waals surface area (Å²) in [6.45, 7) is 0. The van der Waals surface area contributed by atoms with Crippen molar-refractivity contribution in [1.29, 1.82) is 0 Å². The molecule has 4 rings (SSSR count). The zero-order chi connectivity index (χ0) is 16.8. The Morgan fingerprint density at radius 2 is 1.67 bits per heavy atom. The van der Waals surface area contributed by atoms with Gasteiger partial charge in [0.25, 0.3) is 0 Å². The molecule has 0 N–H and O–H groups in total. The molecule has 0 amide bonds. The number of rotatable bonds is 1. The van der Waals surface area contributed by atoms with Crippen LogP contribution >= 0.6 is 0 Å². The minimum absolute atomic E-state index is 0.136. The monoisotopic (exact) mass is 331 g/mol. The lowest BCUT2D eigenvalue weighted by atomic mass is 9.85. The van der Waals surface area contributed by atoms with Crippen LogP contribution in [0.2, 0.25) is 0 Å². The van der Waals surface area contributed by atoms with Gasteiger partial charge >= 0.3 is 6.18 Å². The number of ether oxygens (including phenoxy) is 1. The van der Waals surface area contributed by atoms with Gasteiger partial charge in [0.05, 0.1) is 5.71 Å². The molecule has 0 bridgehead atoms. The van der Waals surface area contributed by atoms with E-state index in [9.17, 15) is 13.2 Å². The highest BCUT2D eigenvalue weighted by molar-refractivity contribution is 6.02. The number of alkyl halides is 3. The smallest absolute Gasteiger partial charge is 0.449 e. The molecular weight excluding hydrogens is 319 g/mol. The van der Waals surface area contributed by atoms with Crippen molar-refractivity contribution < 1.29 is 22.7 Å². The van der Waals surface area contributed by atoms with Gasteiger partial charge in [-0.3, -0.25) is 0 Å². The summed E-state index contributed by atoms with van der Waals surface area (Å²) in [6.07, 6.45) is -3.41. The highest BCUT2D eigenvalue weighted by atomic mass is 19.4.